The lowest BCUT2D eigenvalue weighted by atomic mass is 10.1. The molecule has 1 N–H and O–H groups in total. The van der Waals surface area contributed by atoms with Gasteiger partial charge < -0.3 is 10.1 Å². The minimum atomic E-state index is 0.298. The van der Waals surface area contributed by atoms with Crippen LogP contribution in [0, 0.1) is 0 Å². The molecule has 2 rings (SSSR count). The Morgan fingerprint density at radius 1 is 1.35 bits per heavy atom. The molecule has 0 aliphatic heterocycles. The van der Waals surface area contributed by atoms with E-state index in [1.807, 2.05) is 19.3 Å². The lowest BCUT2D eigenvalue weighted by Crippen LogP contribution is -2.36. The topological polar surface area (TPSA) is 34.1 Å². The molecule has 94 valence electrons. The van der Waals surface area contributed by atoms with E-state index >= 15 is 0 Å². The van der Waals surface area contributed by atoms with Crippen LogP contribution in [0.15, 0.2) is 18.3 Å². The minimum Gasteiger partial charge on any atom is -0.487 e. The van der Waals surface area contributed by atoms with Crippen LogP contribution in [0.1, 0.15) is 44.7 Å². The van der Waals surface area contributed by atoms with Crippen molar-refractivity contribution in [3.63, 3.8) is 0 Å². The lowest BCUT2D eigenvalue weighted by Gasteiger charge is -2.20. The maximum Gasteiger partial charge on any atom is 0.138 e. The summed E-state index contributed by atoms with van der Waals surface area (Å²) in [5.74, 6) is 1.36. The first kappa shape index (κ1) is 12.4. The Balaban J connectivity index is 1.99. The molecule has 0 aromatic carbocycles. The van der Waals surface area contributed by atoms with Crippen molar-refractivity contribution in [1.82, 2.24) is 10.3 Å². The molecule has 1 aliphatic carbocycles. The van der Waals surface area contributed by atoms with E-state index in [1.165, 1.54) is 12.8 Å². The molecule has 1 aromatic heterocycles. The van der Waals surface area contributed by atoms with Crippen molar-refractivity contribution in [2.75, 3.05) is 7.05 Å². The summed E-state index contributed by atoms with van der Waals surface area (Å²) >= 11 is 0. The summed E-state index contributed by atoms with van der Waals surface area (Å²) in [4.78, 5) is 4.43. The van der Waals surface area contributed by atoms with Crippen molar-refractivity contribution in [1.29, 1.82) is 0 Å². The van der Waals surface area contributed by atoms with Crippen molar-refractivity contribution in [2.45, 2.75) is 51.2 Å². The Kier molecular flexibility index (Phi) is 4.00. The summed E-state index contributed by atoms with van der Waals surface area (Å²) in [5, 5.41) is 3.32. The number of hydrogen-bond acceptors (Lipinski definition) is 3. The van der Waals surface area contributed by atoms with Crippen molar-refractivity contribution in [3.8, 4) is 5.75 Å². The molecular weight excluding hydrogens is 212 g/mol. The first-order valence-corrected chi connectivity index (χ1v) is 6.50. The van der Waals surface area contributed by atoms with Crippen molar-refractivity contribution in [3.05, 3.63) is 24.0 Å². The second-order valence-corrected chi connectivity index (χ2v) is 5.06. The van der Waals surface area contributed by atoms with Gasteiger partial charge in [-0.3, -0.25) is 4.98 Å². The molecule has 0 bridgehead atoms. The van der Waals surface area contributed by atoms with Gasteiger partial charge in [0, 0.05) is 11.7 Å². The highest BCUT2D eigenvalue weighted by Crippen LogP contribution is 2.24. The third-order valence-electron chi connectivity index (χ3n) is 3.46. The highest BCUT2D eigenvalue weighted by molar-refractivity contribution is 5.21. The smallest absolute Gasteiger partial charge is 0.138 e. The van der Waals surface area contributed by atoms with Crippen LogP contribution in [0.3, 0.4) is 0 Å². The first-order valence-electron chi connectivity index (χ1n) is 6.50. The highest BCUT2D eigenvalue weighted by atomic mass is 16.5. The molecule has 0 amide bonds. The number of rotatable bonds is 4. The average Bonchev–Trinajstić information content (AvgIpc) is 2.77. The summed E-state index contributed by atoms with van der Waals surface area (Å²) in [6.45, 7) is 4.30. The molecular formula is C14H22N2O. The highest BCUT2D eigenvalue weighted by Gasteiger charge is 2.27. The standard InChI is InChI=1S/C14H22N2O/c1-10(2)12-8-7-11(9-16-12)17-14-6-4-5-13(14)15-3/h7-10,13-15H,4-6H2,1-3H3. The van der Waals surface area contributed by atoms with E-state index in [2.05, 4.69) is 30.2 Å². The molecule has 1 heterocycles. The van der Waals surface area contributed by atoms with Gasteiger partial charge in [0.15, 0.2) is 0 Å². The number of likely N-dealkylation sites (N-methyl/N-ethyl adjacent to an activating group) is 1. The Morgan fingerprint density at radius 2 is 2.18 bits per heavy atom. The summed E-state index contributed by atoms with van der Waals surface area (Å²) in [5.41, 5.74) is 1.12. The van der Waals surface area contributed by atoms with Crippen LogP contribution in [-0.2, 0) is 0 Å². The molecule has 0 spiro atoms. The fourth-order valence-corrected chi connectivity index (χ4v) is 2.38. The molecule has 1 saturated carbocycles. The Bertz CT molecular complexity index is 348. The van der Waals surface area contributed by atoms with Crippen LogP contribution in [0.4, 0.5) is 0 Å². The quantitative estimate of drug-likeness (QED) is 0.869. The van der Waals surface area contributed by atoms with Gasteiger partial charge in [0.1, 0.15) is 11.9 Å². The van der Waals surface area contributed by atoms with Gasteiger partial charge in [-0.05, 0) is 44.4 Å². The third-order valence-corrected chi connectivity index (χ3v) is 3.46. The molecule has 3 nitrogen and oxygen atoms in total. The van der Waals surface area contributed by atoms with E-state index in [0.29, 0.717) is 18.1 Å². The van der Waals surface area contributed by atoms with Crippen LogP contribution in [0.5, 0.6) is 5.75 Å². The summed E-state index contributed by atoms with van der Waals surface area (Å²) in [6.07, 6.45) is 5.73. The number of aromatic nitrogens is 1. The zero-order valence-corrected chi connectivity index (χ0v) is 10.9. The van der Waals surface area contributed by atoms with Crippen LogP contribution in [-0.4, -0.2) is 24.2 Å². The predicted octanol–water partition coefficient (Wildman–Crippen LogP) is 2.72. The van der Waals surface area contributed by atoms with E-state index < -0.39 is 0 Å². The Hall–Kier alpha value is -1.09. The second kappa shape index (κ2) is 5.50. The van der Waals surface area contributed by atoms with Gasteiger partial charge in [0.05, 0.1) is 6.20 Å². The van der Waals surface area contributed by atoms with E-state index in [-0.39, 0.29) is 0 Å². The maximum atomic E-state index is 5.99. The zero-order valence-electron chi connectivity index (χ0n) is 10.9. The molecule has 0 saturated heterocycles. The first-order chi connectivity index (χ1) is 8.20. The molecule has 1 aliphatic rings. The lowest BCUT2D eigenvalue weighted by molar-refractivity contribution is 0.178. The molecule has 1 aromatic rings. The monoisotopic (exact) mass is 234 g/mol. The van der Waals surface area contributed by atoms with Crippen LogP contribution < -0.4 is 10.1 Å². The van der Waals surface area contributed by atoms with Gasteiger partial charge in [-0.1, -0.05) is 13.8 Å². The van der Waals surface area contributed by atoms with Gasteiger partial charge in [0.25, 0.3) is 0 Å². The van der Waals surface area contributed by atoms with E-state index in [0.717, 1.165) is 17.9 Å². The van der Waals surface area contributed by atoms with Crippen molar-refractivity contribution in [2.24, 2.45) is 0 Å². The third kappa shape index (κ3) is 2.97. The van der Waals surface area contributed by atoms with Crippen molar-refractivity contribution >= 4 is 0 Å². The summed E-state index contributed by atoms with van der Waals surface area (Å²) in [6, 6.07) is 4.58. The number of hydrogen-bond donors (Lipinski definition) is 1. The Morgan fingerprint density at radius 3 is 2.76 bits per heavy atom. The molecule has 3 heteroatoms. The molecule has 2 unspecified atom stereocenters. The predicted molar refractivity (Wildman–Crippen MR) is 69.4 cm³/mol. The van der Waals surface area contributed by atoms with Gasteiger partial charge in [-0.25, -0.2) is 0 Å². The van der Waals surface area contributed by atoms with Gasteiger partial charge in [0.2, 0.25) is 0 Å². The molecule has 1 fully saturated rings. The number of ether oxygens (including phenoxy) is 1. The average molecular weight is 234 g/mol. The fraction of sp³-hybridized carbons (Fsp3) is 0.643. The van der Waals surface area contributed by atoms with Crippen LogP contribution in [0.25, 0.3) is 0 Å². The number of nitrogens with one attached hydrogen (secondary N) is 1. The van der Waals surface area contributed by atoms with Gasteiger partial charge in [-0.15, -0.1) is 0 Å². The number of pyridine rings is 1. The second-order valence-electron chi connectivity index (χ2n) is 5.06. The summed E-state index contributed by atoms with van der Waals surface area (Å²) < 4.78 is 5.99. The number of nitrogens with zero attached hydrogens (tertiary/aromatic N) is 1. The zero-order chi connectivity index (χ0) is 12.3. The van der Waals surface area contributed by atoms with E-state index in [4.69, 9.17) is 4.74 Å². The largest absolute Gasteiger partial charge is 0.487 e. The normalized spacial score (nSPS) is 24.2. The molecule has 0 radical (unpaired) electrons. The van der Waals surface area contributed by atoms with Crippen molar-refractivity contribution < 1.29 is 4.74 Å². The molecule has 17 heavy (non-hydrogen) atoms. The van der Waals surface area contributed by atoms with E-state index in [9.17, 15) is 0 Å². The minimum absolute atomic E-state index is 0.298. The fourth-order valence-electron chi connectivity index (χ4n) is 2.38. The summed E-state index contributed by atoms with van der Waals surface area (Å²) in [7, 11) is 2.01. The maximum absolute atomic E-state index is 5.99. The van der Waals surface area contributed by atoms with Gasteiger partial charge in [-0.2, -0.15) is 0 Å². The van der Waals surface area contributed by atoms with Crippen LogP contribution >= 0.6 is 0 Å². The Labute approximate surface area is 104 Å². The van der Waals surface area contributed by atoms with Gasteiger partial charge >= 0.3 is 0 Å². The SMILES string of the molecule is CNC1CCCC1Oc1ccc(C(C)C)nc1. The molecule has 2 atom stereocenters. The van der Waals surface area contributed by atoms with Crippen LogP contribution in [0.2, 0.25) is 0 Å². The van der Waals surface area contributed by atoms with E-state index in [1.54, 1.807) is 0 Å².